The minimum absolute atomic E-state index is 0.141. The van der Waals surface area contributed by atoms with Gasteiger partial charge in [-0.15, -0.1) is 11.3 Å². The Kier molecular flexibility index (Phi) is 2.86. The fourth-order valence-electron chi connectivity index (χ4n) is 1.79. The van der Waals surface area contributed by atoms with Gasteiger partial charge in [0.05, 0.1) is 12.5 Å². The van der Waals surface area contributed by atoms with E-state index in [1.807, 2.05) is 23.6 Å². The maximum atomic E-state index is 12.2. The summed E-state index contributed by atoms with van der Waals surface area (Å²) in [5.74, 6) is -0.291. The Morgan fingerprint density at radius 3 is 2.94 bits per heavy atom. The van der Waals surface area contributed by atoms with E-state index >= 15 is 0 Å². The molecule has 88 valence electrons. The van der Waals surface area contributed by atoms with E-state index in [9.17, 15) is 9.59 Å². The lowest BCUT2D eigenvalue weighted by Crippen LogP contribution is -2.40. The third kappa shape index (κ3) is 1.78. The van der Waals surface area contributed by atoms with E-state index in [1.165, 1.54) is 11.3 Å². The van der Waals surface area contributed by atoms with Crippen molar-refractivity contribution in [1.29, 1.82) is 5.26 Å². The fourth-order valence-corrected chi connectivity index (χ4v) is 2.63. The normalized spacial score (nSPS) is 23.6. The minimum Gasteiger partial charge on any atom is -0.319 e. The fraction of sp³-hybridized carbons (Fsp3) is 0.364. The number of carbonyl (C=O) groups excluding carboxylic acids is 2. The van der Waals surface area contributed by atoms with Crippen molar-refractivity contribution in [2.75, 3.05) is 6.54 Å². The molecule has 6 heteroatoms. The van der Waals surface area contributed by atoms with Crippen LogP contribution >= 0.6 is 11.3 Å². The van der Waals surface area contributed by atoms with Crippen molar-refractivity contribution in [3.05, 3.63) is 22.4 Å². The predicted octanol–water partition coefficient (Wildman–Crippen LogP) is 1.43. The van der Waals surface area contributed by atoms with Crippen molar-refractivity contribution in [2.24, 2.45) is 0 Å². The van der Waals surface area contributed by atoms with E-state index in [2.05, 4.69) is 5.32 Å². The summed E-state index contributed by atoms with van der Waals surface area (Å²) in [6.45, 7) is 1.83. The zero-order valence-electron chi connectivity index (χ0n) is 9.27. The summed E-state index contributed by atoms with van der Waals surface area (Å²) in [6, 6.07) is 5.15. The summed E-state index contributed by atoms with van der Waals surface area (Å²) in [7, 11) is 0. The summed E-state index contributed by atoms with van der Waals surface area (Å²) in [5.41, 5.74) is -0.985. The Hall–Kier alpha value is -1.87. The molecular weight excluding hydrogens is 238 g/mol. The smallest absolute Gasteiger partial charge is 0.319 e. The quantitative estimate of drug-likeness (QED) is 0.823. The first-order valence-corrected chi connectivity index (χ1v) is 6.02. The van der Waals surface area contributed by atoms with Crippen LogP contribution in [0.4, 0.5) is 4.79 Å². The van der Waals surface area contributed by atoms with Crippen molar-refractivity contribution >= 4 is 23.3 Å². The highest BCUT2D eigenvalue weighted by Gasteiger charge is 2.49. The summed E-state index contributed by atoms with van der Waals surface area (Å²) in [5, 5.41) is 13.0. The predicted molar refractivity (Wildman–Crippen MR) is 62.1 cm³/mol. The second-order valence-electron chi connectivity index (χ2n) is 3.90. The molecule has 2 rings (SSSR count). The number of carbonyl (C=O) groups is 2. The van der Waals surface area contributed by atoms with Crippen LogP contribution in [-0.2, 0) is 10.3 Å². The van der Waals surface area contributed by atoms with Crippen LogP contribution in [0.5, 0.6) is 0 Å². The van der Waals surface area contributed by atoms with Crippen molar-refractivity contribution in [3.63, 3.8) is 0 Å². The standard InChI is InChI=1S/C11H11N3O2S/c1-11(8-4-2-7-17-8)9(15)14(6-3-5-12)10(16)13-11/h2,4,7H,3,6H2,1H3,(H,13,16). The summed E-state index contributed by atoms with van der Waals surface area (Å²) < 4.78 is 0. The van der Waals surface area contributed by atoms with E-state index in [4.69, 9.17) is 5.26 Å². The van der Waals surface area contributed by atoms with Crippen molar-refractivity contribution < 1.29 is 9.59 Å². The second kappa shape index (κ2) is 4.18. The number of hydrogen-bond acceptors (Lipinski definition) is 4. The monoisotopic (exact) mass is 249 g/mol. The highest BCUT2D eigenvalue weighted by Crippen LogP contribution is 2.31. The molecule has 1 atom stereocenters. The van der Waals surface area contributed by atoms with Gasteiger partial charge in [-0.25, -0.2) is 4.79 Å². The van der Waals surface area contributed by atoms with Crippen molar-refractivity contribution in [3.8, 4) is 6.07 Å². The number of rotatable bonds is 3. The van der Waals surface area contributed by atoms with Gasteiger partial charge in [-0.2, -0.15) is 5.26 Å². The lowest BCUT2D eigenvalue weighted by molar-refractivity contribution is -0.130. The minimum atomic E-state index is -0.985. The highest BCUT2D eigenvalue weighted by atomic mass is 32.1. The van der Waals surface area contributed by atoms with E-state index in [1.54, 1.807) is 6.92 Å². The third-order valence-electron chi connectivity index (χ3n) is 2.74. The average Bonchev–Trinajstić information content (AvgIpc) is 2.88. The molecule has 0 saturated carbocycles. The molecular formula is C11H11N3O2S. The van der Waals surface area contributed by atoms with Crippen LogP contribution in [0.2, 0.25) is 0 Å². The van der Waals surface area contributed by atoms with E-state index < -0.39 is 11.6 Å². The number of nitrogens with one attached hydrogen (secondary N) is 1. The Morgan fingerprint density at radius 1 is 1.59 bits per heavy atom. The molecule has 1 saturated heterocycles. The number of urea groups is 1. The van der Waals surface area contributed by atoms with Crippen LogP contribution in [0.15, 0.2) is 17.5 Å². The molecule has 5 nitrogen and oxygen atoms in total. The molecule has 3 amide bonds. The summed E-state index contributed by atoms with van der Waals surface area (Å²) in [4.78, 5) is 25.8. The van der Waals surface area contributed by atoms with E-state index in [-0.39, 0.29) is 18.9 Å². The maximum Gasteiger partial charge on any atom is 0.325 e. The van der Waals surface area contributed by atoms with Gasteiger partial charge in [0.1, 0.15) is 0 Å². The number of hydrogen-bond donors (Lipinski definition) is 1. The molecule has 1 aliphatic rings. The van der Waals surface area contributed by atoms with Gasteiger partial charge in [-0.3, -0.25) is 9.69 Å². The molecule has 2 heterocycles. The number of nitriles is 1. The first kappa shape index (κ1) is 11.6. The molecule has 1 aromatic heterocycles. The van der Waals surface area contributed by atoms with Crippen molar-refractivity contribution in [1.82, 2.24) is 10.2 Å². The first-order valence-electron chi connectivity index (χ1n) is 5.14. The molecule has 17 heavy (non-hydrogen) atoms. The molecule has 1 aliphatic heterocycles. The molecule has 1 fully saturated rings. The lowest BCUT2D eigenvalue weighted by Gasteiger charge is -2.19. The van der Waals surface area contributed by atoms with Gasteiger partial charge < -0.3 is 5.32 Å². The second-order valence-corrected chi connectivity index (χ2v) is 4.85. The van der Waals surface area contributed by atoms with Crippen LogP contribution in [0.1, 0.15) is 18.2 Å². The number of nitrogens with zero attached hydrogens (tertiary/aromatic N) is 2. The lowest BCUT2D eigenvalue weighted by atomic mass is 10.0. The van der Waals surface area contributed by atoms with Gasteiger partial charge in [0.15, 0.2) is 5.54 Å². The van der Waals surface area contributed by atoms with Gasteiger partial charge in [0.25, 0.3) is 5.91 Å². The van der Waals surface area contributed by atoms with Gasteiger partial charge in [-0.1, -0.05) is 6.07 Å². The topological polar surface area (TPSA) is 73.2 Å². The van der Waals surface area contributed by atoms with E-state index in [0.29, 0.717) is 0 Å². The number of amides is 3. The van der Waals surface area contributed by atoms with Crippen LogP contribution in [0.3, 0.4) is 0 Å². The number of imide groups is 1. The van der Waals surface area contributed by atoms with Crippen LogP contribution < -0.4 is 5.32 Å². The molecule has 1 aromatic rings. The van der Waals surface area contributed by atoms with Crippen LogP contribution in [0, 0.1) is 11.3 Å². The van der Waals surface area contributed by atoms with Crippen molar-refractivity contribution in [2.45, 2.75) is 18.9 Å². The van der Waals surface area contributed by atoms with E-state index in [0.717, 1.165) is 9.78 Å². The van der Waals surface area contributed by atoms with Gasteiger partial charge in [-0.05, 0) is 18.4 Å². The highest BCUT2D eigenvalue weighted by molar-refractivity contribution is 7.10. The Bertz CT molecular complexity index is 491. The molecule has 0 bridgehead atoms. The Labute approximate surface area is 103 Å². The maximum absolute atomic E-state index is 12.2. The molecule has 0 aromatic carbocycles. The van der Waals surface area contributed by atoms with Gasteiger partial charge in [0, 0.05) is 11.4 Å². The molecule has 1 N–H and O–H groups in total. The number of thiophene rings is 1. The zero-order chi connectivity index (χ0) is 12.5. The van der Waals surface area contributed by atoms with Gasteiger partial charge >= 0.3 is 6.03 Å². The molecule has 0 spiro atoms. The van der Waals surface area contributed by atoms with Gasteiger partial charge in [0.2, 0.25) is 0 Å². The van der Waals surface area contributed by atoms with Crippen LogP contribution in [0.25, 0.3) is 0 Å². The largest absolute Gasteiger partial charge is 0.325 e. The molecule has 0 aliphatic carbocycles. The Morgan fingerprint density at radius 2 is 2.35 bits per heavy atom. The molecule has 1 unspecified atom stereocenters. The SMILES string of the molecule is CC1(c2cccs2)NC(=O)N(CCC#N)C1=O. The Balaban J connectivity index is 2.27. The summed E-state index contributed by atoms with van der Waals surface area (Å²) in [6.07, 6.45) is 0.152. The molecule has 0 radical (unpaired) electrons. The first-order chi connectivity index (χ1) is 8.09. The third-order valence-corrected chi connectivity index (χ3v) is 3.83. The zero-order valence-corrected chi connectivity index (χ0v) is 10.1. The van der Waals surface area contributed by atoms with Crippen LogP contribution in [-0.4, -0.2) is 23.4 Å². The summed E-state index contributed by atoms with van der Waals surface area (Å²) >= 11 is 1.42. The average molecular weight is 249 g/mol.